The summed E-state index contributed by atoms with van der Waals surface area (Å²) in [5.74, 6) is 0.00606. The average Bonchev–Trinajstić information content (AvgIpc) is 2.52. The number of nitrogens with zero attached hydrogens (tertiary/aromatic N) is 2. The number of hydrogen-bond acceptors (Lipinski definition) is 4. The minimum absolute atomic E-state index is 0.00606. The van der Waals surface area contributed by atoms with Gasteiger partial charge in [0.05, 0.1) is 0 Å². The number of amidine groups is 1. The van der Waals surface area contributed by atoms with Crippen LogP contribution in [0.1, 0.15) is 29.8 Å². The quantitative estimate of drug-likeness (QED) is 0.343. The van der Waals surface area contributed by atoms with E-state index >= 15 is 0 Å². The molecule has 6 heteroatoms. The summed E-state index contributed by atoms with van der Waals surface area (Å²) >= 11 is 5.88. The summed E-state index contributed by atoms with van der Waals surface area (Å²) in [6, 6.07) is 11.5. The Balaban J connectivity index is 2.08. The number of aromatic nitrogens is 1. The molecule has 21 heavy (non-hydrogen) atoms. The molecule has 4 N–H and O–H groups in total. The van der Waals surface area contributed by atoms with Gasteiger partial charge in [-0.1, -0.05) is 35.0 Å². The number of hydrogen-bond donors (Lipinski definition) is 3. The maximum Gasteiger partial charge on any atom is 0.189 e. The molecule has 2 rings (SSSR count). The van der Waals surface area contributed by atoms with E-state index in [4.69, 9.17) is 22.5 Å². The van der Waals surface area contributed by atoms with Gasteiger partial charge in [-0.15, -0.1) is 0 Å². The zero-order valence-electron chi connectivity index (χ0n) is 11.6. The van der Waals surface area contributed by atoms with E-state index in [9.17, 15) is 0 Å². The molecular formula is C15H17ClN4O. The highest BCUT2D eigenvalue weighted by Gasteiger charge is 2.10. The highest BCUT2D eigenvalue weighted by atomic mass is 35.5. The molecule has 1 aromatic heterocycles. The van der Waals surface area contributed by atoms with E-state index in [1.165, 1.54) is 0 Å². The first-order valence-electron chi connectivity index (χ1n) is 6.52. The molecule has 0 saturated carbocycles. The zero-order chi connectivity index (χ0) is 15.2. The lowest BCUT2D eigenvalue weighted by molar-refractivity contribution is 0.318. The van der Waals surface area contributed by atoms with Crippen LogP contribution in [0.3, 0.4) is 0 Å². The van der Waals surface area contributed by atoms with E-state index in [0.29, 0.717) is 17.3 Å². The number of nitrogens with two attached hydrogens (primary N) is 1. The second-order valence-electron chi connectivity index (χ2n) is 4.65. The fourth-order valence-electron chi connectivity index (χ4n) is 1.99. The molecule has 0 amide bonds. The van der Waals surface area contributed by atoms with Gasteiger partial charge < -0.3 is 16.3 Å². The highest BCUT2D eigenvalue weighted by molar-refractivity contribution is 6.30. The van der Waals surface area contributed by atoms with Gasteiger partial charge in [-0.25, -0.2) is 0 Å². The van der Waals surface area contributed by atoms with Crippen LogP contribution in [0, 0.1) is 0 Å². The van der Waals surface area contributed by atoms with Gasteiger partial charge in [-0.3, -0.25) is 4.98 Å². The van der Waals surface area contributed by atoms with Gasteiger partial charge in [0.15, 0.2) is 5.84 Å². The molecule has 0 fully saturated rings. The summed E-state index contributed by atoms with van der Waals surface area (Å²) in [5.41, 5.74) is 8.11. The molecule has 110 valence electrons. The van der Waals surface area contributed by atoms with Gasteiger partial charge in [0.2, 0.25) is 0 Å². The van der Waals surface area contributed by atoms with Gasteiger partial charge in [0.1, 0.15) is 5.69 Å². The van der Waals surface area contributed by atoms with E-state index in [1.807, 2.05) is 36.4 Å². The summed E-state index contributed by atoms with van der Waals surface area (Å²) in [4.78, 5) is 4.14. The average molecular weight is 305 g/mol. The second kappa shape index (κ2) is 7.06. The lowest BCUT2D eigenvalue weighted by atomic mass is 10.1. The predicted octanol–water partition coefficient (Wildman–Crippen LogP) is 2.68. The Hall–Kier alpha value is -2.11. The molecule has 0 aliphatic rings. The van der Waals surface area contributed by atoms with Crippen LogP contribution in [0.4, 0.5) is 0 Å². The minimum atomic E-state index is 0.00606. The first kappa shape index (κ1) is 15.3. The van der Waals surface area contributed by atoms with Crippen molar-refractivity contribution >= 4 is 17.4 Å². The van der Waals surface area contributed by atoms with Crippen molar-refractivity contribution in [3.05, 3.63) is 64.4 Å². The topological polar surface area (TPSA) is 83.5 Å². The van der Waals surface area contributed by atoms with Gasteiger partial charge in [0.25, 0.3) is 0 Å². The first-order valence-corrected chi connectivity index (χ1v) is 6.90. The predicted molar refractivity (Wildman–Crippen MR) is 83.5 cm³/mol. The molecule has 0 spiro atoms. The summed E-state index contributed by atoms with van der Waals surface area (Å²) < 4.78 is 0. The van der Waals surface area contributed by atoms with Crippen LogP contribution in [0.15, 0.2) is 47.8 Å². The molecule has 5 nitrogen and oxygen atoms in total. The third kappa shape index (κ3) is 3.93. The van der Waals surface area contributed by atoms with Gasteiger partial charge in [0, 0.05) is 23.8 Å². The fourth-order valence-corrected chi connectivity index (χ4v) is 2.12. The standard InChI is InChI=1S/C15H17ClN4O/c1-10(11-4-6-13(16)7-5-11)19-9-12-3-2-8-18-14(12)15(17)20-21/h2-8,10,19,21H,9H2,1H3,(H2,17,20)/t10-/m0/s1. The SMILES string of the molecule is C[C@H](NCc1cccnc1/C(N)=N/O)c1ccc(Cl)cc1. The fraction of sp³-hybridized carbons (Fsp3) is 0.200. The number of halogens is 1. The van der Waals surface area contributed by atoms with Crippen LogP contribution < -0.4 is 11.1 Å². The van der Waals surface area contributed by atoms with E-state index in [2.05, 4.69) is 22.4 Å². The van der Waals surface area contributed by atoms with Crippen molar-refractivity contribution in [2.75, 3.05) is 0 Å². The monoisotopic (exact) mass is 304 g/mol. The van der Waals surface area contributed by atoms with Gasteiger partial charge in [-0.2, -0.15) is 0 Å². The number of nitrogens with one attached hydrogen (secondary N) is 1. The lowest BCUT2D eigenvalue weighted by Gasteiger charge is -2.15. The Bertz CT molecular complexity index is 628. The van der Waals surface area contributed by atoms with Crippen molar-refractivity contribution in [2.45, 2.75) is 19.5 Å². The molecule has 0 saturated heterocycles. The largest absolute Gasteiger partial charge is 0.409 e. The maximum atomic E-state index is 8.78. The van der Waals surface area contributed by atoms with Gasteiger partial charge >= 0.3 is 0 Å². The Morgan fingerprint density at radius 3 is 2.76 bits per heavy atom. The summed E-state index contributed by atoms with van der Waals surface area (Å²) in [5, 5.41) is 15.9. The Kier molecular flexibility index (Phi) is 5.14. The van der Waals surface area contributed by atoms with Crippen molar-refractivity contribution in [2.24, 2.45) is 10.9 Å². The third-order valence-electron chi connectivity index (χ3n) is 3.21. The Morgan fingerprint density at radius 1 is 1.38 bits per heavy atom. The molecular weight excluding hydrogens is 288 g/mol. The Labute approximate surface area is 128 Å². The normalized spacial score (nSPS) is 13.1. The van der Waals surface area contributed by atoms with Crippen molar-refractivity contribution in [1.29, 1.82) is 0 Å². The molecule has 0 aliphatic carbocycles. The van der Waals surface area contributed by atoms with Gasteiger partial charge in [-0.05, 0) is 36.2 Å². The molecule has 0 aliphatic heterocycles. The third-order valence-corrected chi connectivity index (χ3v) is 3.46. The van der Waals surface area contributed by atoms with E-state index in [1.54, 1.807) is 6.20 Å². The van der Waals surface area contributed by atoms with Crippen LogP contribution in [-0.4, -0.2) is 16.0 Å². The highest BCUT2D eigenvalue weighted by Crippen LogP contribution is 2.17. The molecule has 2 aromatic rings. The second-order valence-corrected chi connectivity index (χ2v) is 5.09. The van der Waals surface area contributed by atoms with Crippen LogP contribution in [0.2, 0.25) is 5.02 Å². The molecule has 1 atom stereocenters. The zero-order valence-corrected chi connectivity index (χ0v) is 12.4. The number of rotatable bonds is 5. The van der Waals surface area contributed by atoms with Crippen LogP contribution in [0.25, 0.3) is 0 Å². The Morgan fingerprint density at radius 2 is 2.10 bits per heavy atom. The van der Waals surface area contributed by atoms with E-state index < -0.39 is 0 Å². The summed E-state index contributed by atoms with van der Waals surface area (Å²) in [6.45, 7) is 2.62. The first-order chi connectivity index (χ1) is 10.1. The summed E-state index contributed by atoms with van der Waals surface area (Å²) in [6.07, 6.45) is 1.61. The number of pyridine rings is 1. The van der Waals surface area contributed by atoms with E-state index in [-0.39, 0.29) is 11.9 Å². The van der Waals surface area contributed by atoms with Crippen molar-refractivity contribution in [1.82, 2.24) is 10.3 Å². The molecule has 1 heterocycles. The van der Waals surface area contributed by atoms with Crippen LogP contribution >= 0.6 is 11.6 Å². The minimum Gasteiger partial charge on any atom is -0.409 e. The van der Waals surface area contributed by atoms with Crippen molar-refractivity contribution < 1.29 is 5.21 Å². The van der Waals surface area contributed by atoms with Crippen molar-refractivity contribution in [3.8, 4) is 0 Å². The van der Waals surface area contributed by atoms with Crippen molar-refractivity contribution in [3.63, 3.8) is 0 Å². The molecule has 0 bridgehead atoms. The smallest absolute Gasteiger partial charge is 0.189 e. The maximum absolute atomic E-state index is 8.78. The number of oxime groups is 1. The van der Waals surface area contributed by atoms with Crippen LogP contribution in [-0.2, 0) is 6.54 Å². The molecule has 0 unspecified atom stereocenters. The molecule has 0 radical (unpaired) electrons. The number of benzene rings is 1. The summed E-state index contributed by atoms with van der Waals surface area (Å²) in [7, 11) is 0. The van der Waals surface area contributed by atoms with E-state index in [0.717, 1.165) is 11.1 Å². The molecule has 1 aromatic carbocycles. The van der Waals surface area contributed by atoms with Crippen LogP contribution in [0.5, 0.6) is 0 Å². The lowest BCUT2D eigenvalue weighted by Crippen LogP contribution is -2.23.